The number of nitrogens with zero attached hydrogens (tertiary/aromatic N) is 5. The molecule has 3 aliphatic rings. The summed E-state index contributed by atoms with van der Waals surface area (Å²) in [5, 5.41) is 22.6. The summed E-state index contributed by atoms with van der Waals surface area (Å²) in [6.07, 6.45) is 6.04. The summed E-state index contributed by atoms with van der Waals surface area (Å²) in [5.41, 5.74) is 2.02. The van der Waals surface area contributed by atoms with E-state index >= 15 is 4.39 Å². The molecule has 0 amide bonds. The fourth-order valence-electron chi connectivity index (χ4n) is 5.27. The Morgan fingerprint density at radius 3 is 2.77 bits per heavy atom. The van der Waals surface area contributed by atoms with Crippen LogP contribution in [0.1, 0.15) is 25.7 Å². The second-order valence-corrected chi connectivity index (χ2v) is 9.36. The van der Waals surface area contributed by atoms with E-state index in [1.165, 1.54) is 0 Å². The van der Waals surface area contributed by atoms with Crippen molar-refractivity contribution in [2.45, 2.75) is 50.0 Å². The fourth-order valence-corrected chi connectivity index (χ4v) is 5.27. The standard InChI is InChI=1S/C25H27FN6O3/c1-32(19-11-16-3-2-4-18(29-16)23(19)26)22-13-27-24(31-30-22)17-6-5-14(9-20(17)33)15-10-21-25(28-12-15)35-8-7-34-21/h5-6,9-10,12-13,16,18-19,23,29,33H,2-4,7-8,11H2,1H3/t16-,18-,19-,23+/m0/s1. The number of alkyl halides is 1. The summed E-state index contributed by atoms with van der Waals surface area (Å²) < 4.78 is 26.2. The van der Waals surface area contributed by atoms with E-state index in [-0.39, 0.29) is 17.8 Å². The third-order valence-electron chi connectivity index (χ3n) is 7.17. The van der Waals surface area contributed by atoms with Gasteiger partial charge >= 0.3 is 0 Å². The van der Waals surface area contributed by atoms with E-state index in [2.05, 4.69) is 25.5 Å². The van der Waals surface area contributed by atoms with Gasteiger partial charge in [-0.1, -0.05) is 12.5 Å². The largest absolute Gasteiger partial charge is 0.507 e. The lowest BCUT2D eigenvalue weighted by atomic mass is 9.82. The van der Waals surface area contributed by atoms with Gasteiger partial charge in [0.25, 0.3) is 5.88 Å². The third-order valence-corrected chi connectivity index (χ3v) is 7.17. The highest BCUT2D eigenvalue weighted by Gasteiger charge is 2.42. The van der Waals surface area contributed by atoms with Crippen LogP contribution in [0.15, 0.2) is 36.7 Å². The van der Waals surface area contributed by atoms with Gasteiger partial charge in [-0.2, -0.15) is 0 Å². The summed E-state index contributed by atoms with van der Waals surface area (Å²) in [6, 6.07) is 7.04. The van der Waals surface area contributed by atoms with Gasteiger partial charge in [-0.05, 0) is 43.0 Å². The first-order valence-corrected chi connectivity index (χ1v) is 12.0. The molecule has 1 aromatic carbocycles. The number of aromatic hydroxyl groups is 1. The highest BCUT2D eigenvalue weighted by atomic mass is 19.1. The van der Waals surface area contributed by atoms with Gasteiger partial charge in [-0.25, -0.2) is 14.4 Å². The van der Waals surface area contributed by atoms with Crippen LogP contribution >= 0.6 is 0 Å². The molecule has 0 radical (unpaired) electrons. The summed E-state index contributed by atoms with van der Waals surface area (Å²) >= 11 is 0. The van der Waals surface area contributed by atoms with Crippen molar-refractivity contribution in [2.75, 3.05) is 25.2 Å². The van der Waals surface area contributed by atoms with Crippen molar-refractivity contribution >= 4 is 5.82 Å². The number of phenolic OH excluding ortho intramolecular Hbond substituents is 1. The van der Waals surface area contributed by atoms with Crippen molar-refractivity contribution in [3.8, 4) is 39.9 Å². The number of fused-ring (bicyclic) bond motifs is 3. The Morgan fingerprint density at radius 1 is 1.06 bits per heavy atom. The average Bonchev–Trinajstić information content (AvgIpc) is 2.90. The van der Waals surface area contributed by atoms with Crippen LogP contribution in [-0.4, -0.2) is 69.8 Å². The van der Waals surface area contributed by atoms with Gasteiger partial charge in [0.15, 0.2) is 17.4 Å². The van der Waals surface area contributed by atoms with Crippen LogP contribution < -0.4 is 19.7 Å². The maximum atomic E-state index is 15.1. The fraction of sp³-hybridized carbons (Fsp3) is 0.440. The zero-order valence-electron chi connectivity index (χ0n) is 19.4. The van der Waals surface area contributed by atoms with E-state index in [1.54, 1.807) is 24.5 Å². The first kappa shape index (κ1) is 22.0. The van der Waals surface area contributed by atoms with Crippen molar-refractivity contribution in [2.24, 2.45) is 0 Å². The van der Waals surface area contributed by atoms with Crippen molar-refractivity contribution in [1.29, 1.82) is 0 Å². The minimum atomic E-state index is -0.968. The number of pyridine rings is 1. The molecule has 5 heterocycles. The molecule has 2 aromatic heterocycles. The second kappa shape index (κ2) is 8.92. The molecule has 2 saturated heterocycles. The predicted octanol–water partition coefficient (Wildman–Crippen LogP) is 3.13. The van der Waals surface area contributed by atoms with Crippen molar-refractivity contribution < 1.29 is 19.0 Å². The minimum Gasteiger partial charge on any atom is -0.507 e. The lowest BCUT2D eigenvalue weighted by Crippen LogP contribution is -2.61. The second-order valence-electron chi connectivity index (χ2n) is 9.36. The number of benzene rings is 1. The van der Waals surface area contributed by atoms with Crippen molar-refractivity contribution in [1.82, 2.24) is 25.5 Å². The zero-order chi connectivity index (χ0) is 23.9. The SMILES string of the molecule is CN(c1cnc(-c2ccc(-c3cnc4c(c3)OCCO4)cc2O)nn1)[C@H]1C[C@@H]2CCC[C@H](N2)[C@H]1F. The zero-order valence-corrected chi connectivity index (χ0v) is 19.4. The molecule has 2 fully saturated rings. The summed E-state index contributed by atoms with van der Waals surface area (Å²) in [6.45, 7) is 0.952. The van der Waals surface area contributed by atoms with Gasteiger partial charge in [0.1, 0.15) is 25.1 Å². The molecule has 3 aromatic rings. The van der Waals surface area contributed by atoms with Gasteiger partial charge in [0.05, 0.1) is 17.8 Å². The Bertz CT molecular complexity index is 1230. The number of ether oxygens (including phenoxy) is 2. The van der Waals surface area contributed by atoms with E-state index in [0.717, 1.165) is 36.8 Å². The van der Waals surface area contributed by atoms with Gasteiger partial charge in [-0.15, -0.1) is 10.2 Å². The van der Waals surface area contributed by atoms with Crippen LogP contribution in [0.4, 0.5) is 10.2 Å². The van der Waals surface area contributed by atoms with Crippen LogP contribution in [0.3, 0.4) is 0 Å². The van der Waals surface area contributed by atoms with E-state index in [0.29, 0.717) is 48.1 Å². The Morgan fingerprint density at radius 2 is 1.94 bits per heavy atom. The highest BCUT2D eigenvalue weighted by Crippen LogP contribution is 2.36. The normalized spacial score (nSPS) is 25.2. The molecule has 9 nitrogen and oxygen atoms in total. The molecule has 10 heteroatoms. The van der Waals surface area contributed by atoms with Crippen molar-refractivity contribution in [3.63, 3.8) is 0 Å². The van der Waals surface area contributed by atoms with Gasteiger partial charge in [-0.3, -0.25) is 0 Å². The highest BCUT2D eigenvalue weighted by molar-refractivity contribution is 5.73. The van der Waals surface area contributed by atoms with Gasteiger partial charge in [0.2, 0.25) is 0 Å². The molecule has 6 rings (SSSR count). The van der Waals surface area contributed by atoms with Gasteiger partial charge in [0, 0.05) is 30.9 Å². The number of phenols is 1. The number of piperidine rings is 2. The molecule has 35 heavy (non-hydrogen) atoms. The molecule has 2 N–H and O–H groups in total. The van der Waals surface area contributed by atoms with Crippen LogP contribution in [0.2, 0.25) is 0 Å². The Labute approximate surface area is 202 Å². The average molecular weight is 479 g/mol. The minimum absolute atomic E-state index is 0.0234. The number of hydrogen-bond acceptors (Lipinski definition) is 9. The quantitative estimate of drug-likeness (QED) is 0.585. The molecule has 2 bridgehead atoms. The maximum Gasteiger partial charge on any atom is 0.257 e. The summed E-state index contributed by atoms with van der Waals surface area (Å²) in [5.74, 6) is 1.88. The van der Waals surface area contributed by atoms with Crippen LogP contribution in [0.25, 0.3) is 22.5 Å². The molecule has 4 atom stereocenters. The molecule has 182 valence electrons. The molecule has 0 spiro atoms. The molecule has 0 saturated carbocycles. The molecular formula is C25H27FN6O3. The monoisotopic (exact) mass is 478 g/mol. The Kier molecular flexibility index (Phi) is 5.60. The molecular weight excluding hydrogens is 451 g/mol. The van der Waals surface area contributed by atoms with Crippen LogP contribution in [0, 0.1) is 0 Å². The number of halogens is 1. The molecule has 0 aliphatic carbocycles. The number of hydrogen-bond donors (Lipinski definition) is 2. The molecule has 0 unspecified atom stereocenters. The summed E-state index contributed by atoms with van der Waals surface area (Å²) in [4.78, 5) is 10.6. The molecule has 3 aliphatic heterocycles. The van der Waals surface area contributed by atoms with Crippen molar-refractivity contribution in [3.05, 3.63) is 36.7 Å². The van der Waals surface area contributed by atoms with E-state index in [9.17, 15) is 5.11 Å². The Balaban J connectivity index is 1.21. The van der Waals surface area contributed by atoms with E-state index in [4.69, 9.17) is 9.47 Å². The third kappa shape index (κ3) is 4.12. The Hall–Kier alpha value is -3.53. The lowest BCUT2D eigenvalue weighted by Gasteiger charge is -2.45. The maximum absolute atomic E-state index is 15.1. The number of anilines is 1. The smallest absolute Gasteiger partial charge is 0.257 e. The van der Waals surface area contributed by atoms with Crippen LogP contribution in [-0.2, 0) is 0 Å². The lowest BCUT2D eigenvalue weighted by molar-refractivity contribution is 0.107. The van der Waals surface area contributed by atoms with E-state index in [1.807, 2.05) is 24.1 Å². The topological polar surface area (TPSA) is 106 Å². The first-order valence-electron chi connectivity index (χ1n) is 12.0. The van der Waals surface area contributed by atoms with Gasteiger partial charge < -0.3 is 24.8 Å². The number of nitrogens with one attached hydrogen (secondary N) is 1. The first-order chi connectivity index (χ1) is 17.1. The van der Waals surface area contributed by atoms with Crippen LogP contribution in [0.5, 0.6) is 17.4 Å². The predicted molar refractivity (Wildman–Crippen MR) is 127 cm³/mol. The summed E-state index contributed by atoms with van der Waals surface area (Å²) in [7, 11) is 1.84. The van der Waals surface area contributed by atoms with E-state index < -0.39 is 6.17 Å². The number of rotatable bonds is 4. The number of aromatic nitrogens is 4.